The van der Waals surface area contributed by atoms with E-state index in [-0.39, 0.29) is 13.2 Å². The number of hydrogen-bond donors (Lipinski definition) is 2. The molecular formula is C10H17N3O2S. The van der Waals surface area contributed by atoms with Crippen molar-refractivity contribution in [3.63, 3.8) is 0 Å². The van der Waals surface area contributed by atoms with Crippen LogP contribution in [0.15, 0.2) is 0 Å². The predicted octanol–water partition coefficient (Wildman–Crippen LogP) is 0.597. The summed E-state index contributed by atoms with van der Waals surface area (Å²) in [7, 11) is 0. The van der Waals surface area contributed by atoms with Gasteiger partial charge in [0, 0.05) is 37.1 Å². The first-order valence-electron chi connectivity index (χ1n) is 5.65. The third kappa shape index (κ3) is 2.90. The van der Waals surface area contributed by atoms with Crippen LogP contribution in [0.1, 0.15) is 31.0 Å². The van der Waals surface area contributed by atoms with Crippen molar-refractivity contribution >= 4 is 16.7 Å². The second kappa shape index (κ2) is 5.56. The molecule has 0 atom stereocenters. The fourth-order valence-corrected chi connectivity index (χ4v) is 2.35. The molecule has 5 nitrogen and oxygen atoms in total. The maximum absolute atomic E-state index is 8.98. The molecule has 0 aromatic carbocycles. The first-order chi connectivity index (χ1) is 7.85. The average Bonchev–Trinajstić information content (AvgIpc) is 3.03. The lowest BCUT2D eigenvalue weighted by atomic mass is 10.4. The van der Waals surface area contributed by atoms with Gasteiger partial charge in [-0.3, -0.25) is 0 Å². The molecule has 1 saturated carbocycles. The SMILES string of the molecule is OCCCN(CCO)c1nc(C2CC2)ns1. The summed E-state index contributed by atoms with van der Waals surface area (Å²) in [6.45, 7) is 1.54. The van der Waals surface area contributed by atoms with Crippen molar-refractivity contribution in [3.05, 3.63) is 5.82 Å². The molecule has 1 fully saturated rings. The van der Waals surface area contributed by atoms with Gasteiger partial charge in [-0.05, 0) is 19.3 Å². The summed E-state index contributed by atoms with van der Waals surface area (Å²) < 4.78 is 4.33. The van der Waals surface area contributed by atoms with Gasteiger partial charge in [0.15, 0.2) is 0 Å². The van der Waals surface area contributed by atoms with Crippen LogP contribution in [0.3, 0.4) is 0 Å². The lowest BCUT2D eigenvalue weighted by Gasteiger charge is -2.19. The number of rotatable bonds is 7. The molecule has 0 aliphatic heterocycles. The fourth-order valence-electron chi connectivity index (χ4n) is 1.55. The van der Waals surface area contributed by atoms with Crippen LogP contribution in [0, 0.1) is 0 Å². The van der Waals surface area contributed by atoms with E-state index in [1.165, 1.54) is 24.4 Å². The smallest absolute Gasteiger partial charge is 0.205 e. The van der Waals surface area contributed by atoms with Gasteiger partial charge >= 0.3 is 0 Å². The number of aliphatic hydroxyl groups excluding tert-OH is 2. The molecule has 1 heterocycles. The normalized spacial score (nSPS) is 15.4. The zero-order chi connectivity index (χ0) is 11.4. The third-order valence-electron chi connectivity index (χ3n) is 2.60. The highest BCUT2D eigenvalue weighted by Gasteiger charge is 2.28. The monoisotopic (exact) mass is 243 g/mol. The molecule has 1 aliphatic carbocycles. The lowest BCUT2D eigenvalue weighted by molar-refractivity contribution is 0.281. The van der Waals surface area contributed by atoms with Crippen molar-refractivity contribution in [3.8, 4) is 0 Å². The molecule has 16 heavy (non-hydrogen) atoms. The highest BCUT2D eigenvalue weighted by atomic mass is 32.1. The highest BCUT2D eigenvalue weighted by Crippen LogP contribution is 2.39. The van der Waals surface area contributed by atoms with E-state index in [4.69, 9.17) is 10.2 Å². The van der Waals surface area contributed by atoms with E-state index in [1.54, 1.807) is 0 Å². The van der Waals surface area contributed by atoms with Gasteiger partial charge in [-0.1, -0.05) is 0 Å². The predicted molar refractivity (Wildman–Crippen MR) is 62.9 cm³/mol. The summed E-state index contributed by atoms with van der Waals surface area (Å²) in [6.07, 6.45) is 3.10. The molecule has 6 heteroatoms. The van der Waals surface area contributed by atoms with E-state index >= 15 is 0 Å². The quantitative estimate of drug-likeness (QED) is 0.734. The number of aliphatic hydroxyl groups is 2. The van der Waals surface area contributed by atoms with Gasteiger partial charge in [-0.15, -0.1) is 0 Å². The molecule has 90 valence electrons. The van der Waals surface area contributed by atoms with Gasteiger partial charge in [0.1, 0.15) is 5.82 Å². The molecule has 0 saturated heterocycles. The molecule has 0 amide bonds. The molecule has 1 aromatic rings. The summed E-state index contributed by atoms with van der Waals surface area (Å²) in [5.41, 5.74) is 0. The lowest BCUT2D eigenvalue weighted by Crippen LogP contribution is -2.28. The first kappa shape index (κ1) is 11.8. The minimum absolute atomic E-state index is 0.101. The Balaban J connectivity index is 1.98. The Morgan fingerprint density at radius 3 is 2.69 bits per heavy atom. The summed E-state index contributed by atoms with van der Waals surface area (Å²) in [6, 6.07) is 0. The molecule has 1 aromatic heterocycles. The van der Waals surface area contributed by atoms with Crippen molar-refractivity contribution in [2.24, 2.45) is 0 Å². The highest BCUT2D eigenvalue weighted by molar-refractivity contribution is 7.09. The van der Waals surface area contributed by atoms with Crippen LogP contribution in [0.2, 0.25) is 0 Å². The topological polar surface area (TPSA) is 69.5 Å². The number of anilines is 1. The van der Waals surface area contributed by atoms with Crippen molar-refractivity contribution in [2.75, 3.05) is 31.2 Å². The van der Waals surface area contributed by atoms with Crippen LogP contribution in [-0.2, 0) is 0 Å². The van der Waals surface area contributed by atoms with Gasteiger partial charge in [0.05, 0.1) is 6.61 Å². The minimum atomic E-state index is 0.101. The maximum Gasteiger partial charge on any atom is 0.205 e. The third-order valence-corrected chi connectivity index (χ3v) is 3.39. The number of hydrogen-bond acceptors (Lipinski definition) is 6. The van der Waals surface area contributed by atoms with Gasteiger partial charge in [-0.25, -0.2) is 4.98 Å². The molecule has 0 bridgehead atoms. The Morgan fingerprint density at radius 1 is 1.25 bits per heavy atom. The standard InChI is InChI=1S/C10H17N3O2S/c14-6-1-4-13(5-7-15)10-11-9(12-16-10)8-2-3-8/h8,14-15H,1-7H2. The van der Waals surface area contributed by atoms with E-state index in [9.17, 15) is 0 Å². The van der Waals surface area contributed by atoms with Gasteiger partial charge < -0.3 is 15.1 Å². The average molecular weight is 243 g/mol. The largest absolute Gasteiger partial charge is 0.396 e. The van der Waals surface area contributed by atoms with Crippen molar-refractivity contribution in [1.29, 1.82) is 0 Å². The van der Waals surface area contributed by atoms with Crippen LogP contribution < -0.4 is 4.90 Å². The molecule has 0 unspecified atom stereocenters. The molecule has 2 rings (SSSR count). The Labute approximate surface area is 98.9 Å². The van der Waals surface area contributed by atoms with Crippen molar-refractivity contribution in [1.82, 2.24) is 9.36 Å². The Bertz CT molecular complexity index is 328. The Kier molecular flexibility index (Phi) is 4.09. The fraction of sp³-hybridized carbons (Fsp3) is 0.800. The van der Waals surface area contributed by atoms with Gasteiger partial charge in [0.2, 0.25) is 5.13 Å². The van der Waals surface area contributed by atoms with Crippen LogP contribution in [0.4, 0.5) is 5.13 Å². The molecule has 1 aliphatic rings. The van der Waals surface area contributed by atoms with Crippen LogP contribution in [0.25, 0.3) is 0 Å². The zero-order valence-corrected chi connectivity index (χ0v) is 9.99. The van der Waals surface area contributed by atoms with Gasteiger partial charge in [0.25, 0.3) is 0 Å². The number of nitrogens with zero attached hydrogens (tertiary/aromatic N) is 3. The molecule has 0 spiro atoms. The van der Waals surface area contributed by atoms with Crippen LogP contribution in [-0.4, -0.2) is 45.9 Å². The minimum Gasteiger partial charge on any atom is -0.396 e. The van der Waals surface area contributed by atoms with E-state index < -0.39 is 0 Å². The Hall–Kier alpha value is -0.720. The van der Waals surface area contributed by atoms with E-state index in [0.717, 1.165) is 17.5 Å². The zero-order valence-electron chi connectivity index (χ0n) is 9.17. The number of aromatic nitrogens is 2. The second-order valence-corrected chi connectivity index (χ2v) is 4.73. The first-order valence-corrected chi connectivity index (χ1v) is 6.42. The molecule has 2 N–H and O–H groups in total. The second-order valence-electron chi connectivity index (χ2n) is 4.00. The maximum atomic E-state index is 8.98. The summed E-state index contributed by atoms with van der Waals surface area (Å²) in [4.78, 5) is 6.47. The van der Waals surface area contributed by atoms with Crippen LogP contribution in [0.5, 0.6) is 0 Å². The van der Waals surface area contributed by atoms with E-state index in [1.807, 2.05) is 4.90 Å². The van der Waals surface area contributed by atoms with E-state index in [2.05, 4.69) is 9.36 Å². The van der Waals surface area contributed by atoms with Gasteiger partial charge in [-0.2, -0.15) is 4.37 Å². The van der Waals surface area contributed by atoms with Crippen molar-refractivity contribution in [2.45, 2.75) is 25.2 Å². The summed E-state index contributed by atoms with van der Waals surface area (Å²) in [5, 5.41) is 18.7. The Morgan fingerprint density at radius 2 is 2.06 bits per heavy atom. The molecule has 0 radical (unpaired) electrons. The van der Waals surface area contributed by atoms with Crippen LogP contribution >= 0.6 is 11.5 Å². The summed E-state index contributed by atoms with van der Waals surface area (Å²) in [5.74, 6) is 1.52. The van der Waals surface area contributed by atoms with Crippen molar-refractivity contribution < 1.29 is 10.2 Å². The van der Waals surface area contributed by atoms with E-state index in [0.29, 0.717) is 18.9 Å². The summed E-state index contributed by atoms with van der Waals surface area (Å²) >= 11 is 1.39. The molecular weight excluding hydrogens is 226 g/mol.